The summed E-state index contributed by atoms with van der Waals surface area (Å²) in [5.74, 6) is -3.28. The minimum atomic E-state index is -4.55. The van der Waals surface area contributed by atoms with Gasteiger partial charge in [0.05, 0.1) is 28.1 Å². The number of alkyl halides is 3. The fourth-order valence-corrected chi connectivity index (χ4v) is 3.43. The number of esters is 1. The zero-order chi connectivity index (χ0) is 21.1. The molecule has 0 fully saturated rings. The second-order valence-corrected chi connectivity index (χ2v) is 7.12. The van der Waals surface area contributed by atoms with Crippen molar-refractivity contribution in [3.63, 3.8) is 0 Å². The largest absolute Gasteiger partial charge is 0.462 e. The lowest BCUT2D eigenvalue weighted by molar-refractivity contribution is -0.151. The molecule has 0 aliphatic rings. The average molecular weight is 437 g/mol. The summed E-state index contributed by atoms with van der Waals surface area (Å²) in [5, 5.41) is -0.905. The fraction of sp³-hybridized carbons (Fsp3) is 0.350. The molecule has 2 aromatic carbocycles. The standard InChI is InChI=1S/C20H18Cl2F4O2/c1-3-28-19(27)14-6-4-12(8-11(14)2)5-7-15(20(24,25)26)13-9-16(21)18(23)17(22)10-13/h4,6,8-10,15H,3,5,7H2,1-2H3. The molecule has 0 heterocycles. The molecule has 0 spiro atoms. The van der Waals surface area contributed by atoms with Gasteiger partial charge in [0, 0.05) is 0 Å². The summed E-state index contributed by atoms with van der Waals surface area (Å²) in [4.78, 5) is 11.8. The first-order chi connectivity index (χ1) is 13.0. The van der Waals surface area contributed by atoms with Crippen molar-refractivity contribution in [3.05, 3.63) is 68.4 Å². The van der Waals surface area contributed by atoms with E-state index in [2.05, 4.69) is 0 Å². The monoisotopic (exact) mass is 436 g/mol. The van der Waals surface area contributed by atoms with E-state index in [0.717, 1.165) is 12.1 Å². The van der Waals surface area contributed by atoms with Crippen LogP contribution in [-0.4, -0.2) is 18.8 Å². The zero-order valence-electron chi connectivity index (χ0n) is 15.2. The van der Waals surface area contributed by atoms with Crippen LogP contribution in [0, 0.1) is 12.7 Å². The van der Waals surface area contributed by atoms with Gasteiger partial charge < -0.3 is 4.74 Å². The van der Waals surface area contributed by atoms with E-state index in [4.69, 9.17) is 27.9 Å². The van der Waals surface area contributed by atoms with Gasteiger partial charge in [-0.1, -0.05) is 35.3 Å². The average Bonchev–Trinajstić information content (AvgIpc) is 2.58. The van der Waals surface area contributed by atoms with Gasteiger partial charge in [-0.25, -0.2) is 9.18 Å². The van der Waals surface area contributed by atoms with Crippen molar-refractivity contribution in [1.82, 2.24) is 0 Å². The highest BCUT2D eigenvalue weighted by molar-refractivity contribution is 6.35. The number of aryl methyl sites for hydroxylation is 2. The van der Waals surface area contributed by atoms with Crippen molar-refractivity contribution in [3.8, 4) is 0 Å². The Morgan fingerprint density at radius 2 is 1.75 bits per heavy atom. The fourth-order valence-electron chi connectivity index (χ4n) is 2.93. The van der Waals surface area contributed by atoms with Crippen LogP contribution in [0.4, 0.5) is 17.6 Å². The summed E-state index contributed by atoms with van der Waals surface area (Å²) >= 11 is 11.3. The van der Waals surface area contributed by atoms with Crippen molar-refractivity contribution >= 4 is 29.2 Å². The van der Waals surface area contributed by atoms with E-state index in [9.17, 15) is 22.4 Å². The lowest BCUT2D eigenvalue weighted by Gasteiger charge is -2.21. The van der Waals surface area contributed by atoms with Crippen LogP contribution < -0.4 is 0 Å². The maximum Gasteiger partial charge on any atom is 0.395 e. The van der Waals surface area contributed by atoms with E-state index >= 15 is 0 Å². The number of rotatable bonds is 6. The molecule has 1 atom stereocenters. The van der Waals surface area contributed by atoms with Gasteiger partial charge in [0.25, 0.3) is 0 Å². The molecule has 8 heteroatoms. The van der Waals surface area contributed by atoms with Gasteiger partial charge in [-0.05, 0) is 61.6 Å². The maximum absolute atomic E-state index is 13.6. The Labute approximate surface area is 170 Å². The van der Waals surface area contributed by atoms with E-state index in [1.165, 1.54) is 6.07 Å². The third-order valence-corrected chi connectivity index (χ3v) is 4.86. The molecule has 0 saturated heterocycles. The van der Waals surface area contributed by atoms with E-state index in [1.807, 2.05) is 0 Å². The molecule has 2 nitrogen and oxygen atoms in total. The summed E-state index contributed by atoms with van der Waals surface area (Å²) in [5.41, 5.74) is 1.44. The number of ether oxygens (including phenoxy) is 1. The van der Waals surface area contributed by atoms with Gasteiger partial charge in [-0.2, -0.15) is 13.2 Å². The van der Waals surface area contributed by atoms with Crippen LogP contribution in [0.3, 0.4) is 0 Å². The lowest BCUT2D eigenvalue weighted by Crippen LogP contribution is -2.21. The topological polar surface area (TPSA) is 26.3 Å². The van der Waals surface area contributed by atoms with Crippen LogP contribution >= 0.6 is 23.2 Å². The highest BCUT2D eigenvalue weighted by Crippen LogP contribution is 2.40. The van der Waals surface area contributed by atoms with Crippen molar-refractivity contribution in [2.75, 3.05) is 6.61 Å². The van der Waals surface area contributed by atoms with Gasteiger partial charge >= 0.3 is 12.1 Å². The van der Waals surface area contributed by atoms with Crippen LogP contribution in [0.5, 0.6) is 0 Å². The van der Waals surface area contributed by atoms with Crippen LogP contribution in [0.15, 0.2) is 30.3 Å². The SMILES string of the molecule is CCOC(=O)c1ccc(CCC(c2cc(Cl)c(F)c(Cl)c2)C(F)(F)F)cc1C. The quantitative estimate of drug-likeness (QED) is 0.279. The van der Waals surface area contributed by atoms with Crippen LogP contribution in [-0.2, 0) is 11.2 Å². The second kappa shape index (κ2) is 9.14. The van der Waals surface area contributed by atoms with Crippen molar-refractivity contribution in [1.29, 1.82) is 0 Å². The molecule has 0 N–H and O–H groups in total. The third kappa shape index (κ3) is 5.39. The Bertz CT molecular complexity index is 843. The van der Waals surface area contributed by atoms with Gasteiger partial charge in [0.2, 0.25) is 0 Å². The Morgan fingerprint density at radius 1 is 1.14 bits per heavy atom. The molecule has 28 heavy (non-hydrogen) atoms. The van der Waals surface area contributed by atoms with E-state index in [1.54, 1.807) is 26.0 Å². The summed E-state index contributed by atoms with van der Waals surface area (Å²) in [6.07, 6.45) is -4.73. The molecule has 152 valence electrons. The highest BCUT2D eigenvalue weighted by atomic mass is 35.5. The zero-order valence-corrected chi connectivity index (χ0v) is 16.7. The summed E-state index contributed by atoms with van der Waals surface area (Å²) in [7, 11) is 0. The maximum atomic E-state index is 13.6. The van der Waals surface area contributed by atoms with Gasteiger partial charge in [-0.3, -0.25) is 0 Å². The smallest absolute Gasteiger partial charge is 0.395 e. The number of carbonyl (C=O) groups is 1. The first-order valence-corrected chi connectivity index (χ1v) is 9.28. The van der Waals surface area contributed by atoms with Crippen LogP contribution in [0.2, 0.25) is 10.0 Å². The van der Waals surface area contributed by atoms with E-state index in [0.29, 0.717) is 16.7 Å². The second-order valence-electron chi connectivity index (χ2n) is 6.30. The number of carbonyl (C=O) groups excluding carboxylic acids is 1. The van der Waals surface area contributed by atoms with E-state index in [-0.39, 0.29) is 25.0 Å². The van der Waals surface area contributed by atoms with Crippen molar-refractivity contribution in [2.24, 2.45) is 0 Å². The van der Waals surface area contributed by atoms with Gasteiger partial charge in [-0.15, -0.1) is 0 Å². The van der Waals surface area contributed by atoms with E-state index < -0.39 is 33.9 Å². The summed E-state index contributed by atoms with van der Waals surface area (Å²) in [6, 6.07) is 6.70. The van der Waals surface area contributed by atoms with Gasteiger partial charge in [0.15, 0.2) is 5.82 Å². The normalized spacial score (nSPS) is 12.7. The number of hydrogen-bond donors (Lipinski definition) is 0. The molecule has 1 unspecified atom stereocenters. The molecule has 0 aliphatic carbocycles. The van der Waals surface area contributed by atoms with Gasteiger partial charge in [0.1, 0.15) is 0 Å². The molecule has 0 radical (unpaired) electrons. The molecule has 0 saturated carbocycles. The molecular formula is C20H18Cl2F4O2. The lowest BCUT2D eigenvalue weighted by atomic mass is 9.91. The molecule has 0 bridgehead atoms. The number of hydrogen-bond acceptors (Lipinski definition) is 2. The first-order valence-electron chi connectivity index (χ1n) is 8.52. The minimum absolute atomic E-state index is 0.0980. The number of benzene rings is 2. The Kier molecular flexibility index (Phi) is 7.34. The molecule has 0 aliphatic heterocycles. The van der Waals surface area contributed by atoms with Crippen molar-refractivity contribution in [2.45, 2.75) is 38.8 Å². The predicted molar refractivity (Wildman–Crippen MR) is 101 cm³/mol. The van der Waals surface area contributed by atoms with Crippen LogP contribution in [0.1, 0.15) is 46.3 Å². The number of halogens is 6. The first kappa shape index (κ1) is 22.5. The molecular weight excluding hydrogens is 419 g/mol. The third-order valence-electron chi connectivity index (χ3n) is 4.31. The van der Waals surface area contributed by atoms with Crippen molar-refractivity contribution < 1.29 is 27.1 Å². The summed E-state index contributed by atoms with van der Waals surface area (Å²) < 4.78 is 59.2. The predicted octanol–water partition coefficient (Wildman–Crippen LogP) is 6.90. The Morgan fingerprint density at radius 3 is 2.25 bits per heavy atom. The summed E-state index contributed by atoms with van der Waals surface area (Å²) in [6.45, 7) is 3.61. The minimum Gasteiger partial charge on any atom is -0.462 e. The molecule has 0 aromatic heterocycles. The molecule has 2 aromatic rings. The van der Waals surface area contributed by atoms with Crippen LogP contribution in [0.25, 0.3) is 0 Å². The Hall–Kier alpha value is -1.79. The molecule has 2 rings (SSSR count). The highest BCUT2D eigenvalue weighted by Gasteiger charge is 2.40. The Balaban J connectivity index is 2.24. The molecule has 0 amide bonds.